The van der Waals surface area contributed by atoms with Gasteiger partial charge in [-0.1, -0.05) is 12.1 Å². The molecule has 3 heteroatoms. The molecule has 19 heavy (non-hydrogen) atoms. The highest BCUT2D eigenvalue weighted by molar-refractivity contribution is 5.28. The Bertz CT molecular complexity index is 380. The average molecular weight is 263 g/mol. The van der Waals surface area contributed by atoms with Gasteiger partial charge in [-0.25, -0.2) is 0 Å². The summed E-state index contributed by atoms with van der Waals surface area (Å²) in [7, 11) is 1.68. The third kappa shape index (κ3) is 4.51. The Hall–Kier alpha value is -1.06. The minimum atomic E-state index is -0.166. The Kier molecular flexibility index (Phi) is 4.83. The van der Waals surface area contributed by atoms with Crippen molar-refractivity contribution in [3.63, 3.8) is 0 Å². The molecule has 2 unspecified atom stereocenters. The van der Waals surface area contributed by atoms with E-state index in [1.807, 2.05) is 12.1 Å². The van der Waals surface area contributed by atoms with Crippen LogP contribution in [-0.2, 0) is 11.2 Å². The van der Waals surface area contributed by atoms with E-state index in [1.54, 1.807) is 7.11 Å². The molecule has 1 aromatic rings. The molecule has 0 aromatic heterocycles. The largest absolute Gasteiger partial charge is 0.497 e. The van der Waals surface area contributed by atoms with Crippen molar-refractivity contribution in [2.75, 3.05) is 13.7 Å². The normalized spacial score (nSPS) is 22.2. The Balaban J connectivity index is 1.84. The van der Waals surface area contributed by atoms with Gasteiger partial charge in [0.15, 0.2) is 0 Å². The first-order valence-corrected chi connectivity index (χ1v) is 7.12. The minimum absolute atomic E-state index is 0.166. The van der Waals surface area contributed by atoms with Crippen LogP contribution < -0.4 is 10.5 Å². The third-order valence-electron chi connectivity index (χ3n) is 3.83. The molecule has 1 saturated heterocycles. The van der Waals surface area contributed by atoms with Crippen LogP contribution in [0.5, 0.6) is 5.75 Å². The van der Waals surface area contributed by atoms with E-state index in [0.29, 0.717) is 6.10 Å². The summed E-state index contributed by atoms with van der Waals surface area (Å²) in [5.41, 5.74) is 7.51. The summed E-state index contributed by atoms with van der Waals surface area (Å²) in [4.78, 5) is 0. The third-order valence-corrected chi connectivity index (χ3v) is 3.83. The molecule has 0 amide bonds. The fourth-order valence-corrected chi connectivity index (χ4v) is 2.66. The maximum atomic E-state index is 6.41. The number of methoxy groups -OCH3 is 1. The Labute approximate surface area is 116 Å². The number of hydrogen-bond donors (Lipinski definition) is 1. The van der Waals surface area contributed by atoms with Crippen LogP contribution in [-0.4, -0.2) is 25.4 Å². The summed E-state index contributed by atoms with van der Waals surface area (Å²) in [6.07, 6.45) is 5.79. The molecule has 3 nitrogen and oxygen atoms in total. The van der Waals surface area contributed by atoms with Gasteiger partial charge in [-0.3, -0.25) is 0 Å². The topological polar surface area (TPSA) is 44.5 Å². The van der Waals surface area contributed by atoms with Crippen molar-refractivity contribution >= 4 is 0 Å². The van der Waals surface area contributed by atoms with E-state index in [-0.39, 0.29) is 5.54 Å². The van der Waals surface area contributed by atoms with E-state index in [9.17, 15) is 0 Å². The SMILES string of the molecule is COc1ccc(CC(C)(N)CCC2CCCO2)cc1. The summed E-state index contributed by atoms with van der Waals surface area (Å²) in [5, 5.41) is 0. The molecule has 0 aliphatic carbocycles. The molecule has 2 N–H and O–H groups in total. The summed E-state index contributed by atoms with van der Waals surface area (Å²) >= 11 is 0. The molecule has 1 fully saturated rings. The van der Waals surface area contributed by atoms with Gasteiger partial charge < -0.3 is 15.2 Å². The van der Waals surface area contributed by atoms with Crippen molar-refractivity contribution in [1.29, 1.82) is 0 Å². The van der Waals surface area contributed by atoms with Crippen molar-refractivity contribution in [3.05, 3.63) is 29.8 Å². The van der Waals surface area contributed by atoms with Gasteiger partial charge in [0.2, 0.25) is 0 Å². The first-order chi connectivity index (χ1) is 9.09. The van der Waals surface area contributed by atoms with Crippen molar-refractivity contribution in [2.45, 2.75) is 50.7 Å². The predicted molar refractivity (Wildman–Crippen MR) is 77.5 cm³/mol. The van der Waals surface area contributed by atoms with Crippen molar-refractivity contribution in [1.82, 2.24) is 0 Å². The molecule has 2 atom stereocenters. The zero-order chi connectivity index (χ0) is 13.7. The van der Waals surface area contributed by atoms with E-state index in [2.05, 4.69) is 19.1 Å². The standard InChI is InChI=1S/C16H25NO2/c1-16(17,10-9-15-4-3-11-19-15)12-13-5-7-14(18-2)8-6-13/h5-8,15H,3-4,9-12,17H2,1-2H3. The Morgan fingerprint density at radius 1 is 1.37 bits per heavy atom. The van der Waals surface area contributed by atoms with Gasteiger partial charge in [0.1, 0.15) is 5.75 Å². The number of hydrogen-bond acceptors (Lipinski definition) is 3. The zero-order valence-electron chi connectivity index (χ0n) is 12.0. The van der Waals surface area contributed by atoms with Crippen LogP contribution in [0.1, 0.15) is 38.2 Å². The quantitative estimate of drug-likeness (QED) is 0.858. The van der Waals surface area contributed by atoms with Crippen LogP contribution in [0.2, 0.25) is 0 Å². The maximum absolute atomic E-state index is 6.41. The van der Waals surface area contributed by atoms with Crippen LogP contribution in [0.3, 0.4) is 0 Å². The second kappa shape index (κ2) is 6.40. The number of ether oxygens (including phenoxy) is 2. The summed E-state index contributed by atoms with van der Waals surface area (Å²) in [6.45, 7) is 3.05. The lowest BCUT2D eigenvalue weighted by Gasteiger charge is -2.26. The van der Waals surface area contributed by atoms with Gasteiger partial charge in [0.25, 0.3) is 0 Å². The lowest BCUT2D eigenvalue weighted by atomic mass is 9.88. The molecule has 1 aliphatic heterocycles. The van der Waals surface area contributed by atoms with Gasteiger partial charge in [-0.15, -0.1) is 0 Å². The maximum Gasteiger partial charge on any atom is 0.118 e. The van der Waals surface area contributed by atoms with E-state index >= 15 is 0 Å². The highest BCUT2D eigenvalue weighted by Crippen LogP contribution is 2.23. The molecule has 1 aliphatic rings. The van der Waals surface area contributed by atoms with Gasteiger partial charge in [-0.05, 0) is 56.7 Å². The lowest BCUT2D eigenvalue weighted by Crippen LogP contribution is -2.39. The van der Waals surface area contributed by atoms with Crippen LogP contribution in [0, 0.1) is 0 Å². The Morgan fingerprint density at radius 3 is 2.68 bits per heavy atom. The molecular weight excluding hydrogens is 238 g/mol. The fourth-order valence-electron chi connectivity index (χ4n) is 2.66. The number of benzene rings is 1. The number of rotatable bonds is 6. The highest BCUT2D eigenvalue weighted by atomic mass is 16.5. The van der Waals surface area contributed by atoms with Crippen molar-refractivity contribution in [2.24, 2.45) is 5.73 Å². The molecule has 106 valence electrons. The smallest absolute Gasteiger partial charge is 0.118 e. The fraction of sp³-hybridized carbons (Fsp3) is 0.625. The number of nitrogens with two attached hydrogens (primary N) is 1. The van der Waals surface area contributed by atoms with Crippen LogP contribution in [0.4, 0.5) is 0 Å². The zero-order valence-corrected chi connectivity index (χ0v) is 12.0. The minimum Gasteiger partial charge on any atom is -0.497 e. The van der Waals surface area contributed by atoms with Crippen LogP contribution >= 0.6 is 0 Å². The van der Waals surface area contributed by atoms with Crippen LogP contribution in [0.15, 0.2) is 24.3 Å². The second-order valence-electron chi connectivity index (χ2n) is 5.85. The Morgan fingerprint density at radius 2 is 2.11 bits per heavy atom. The van der Waals surface area contributed by atoms with E-state index in [4.69, 9.17) is 15.2 Å². The summed E-state index contributed by atoms with van der Waals surface area (Å²) in [5.74, 6) is 0.891. The highest BCUT2D eigenvalue weighted by Gasteiger charge is 2.23. The predicted octanol–water partition coefficient (Wildman–Crippen LogP) is 2.91. The first-order valence-electron chi connectivity index (χ1n) is 7.12. The molecule has 0 saturated carbocycles. The van der Waals surface area contributed by atoms with E-state index in [1.165, 1.54) is 18.4 Å². The van der Waals surface area contributed by atoms with Gasteiger partial charge >= 0.3 is 0 Å². The molecular formula is C16H25NO2. The van der Waals surface area contributed by atoms with Gasteiger partial charge in [0, 0.05) is 12.1 Å². The van der Waals surface area contributed by atoms with Crippen LogP contribution in [0.25, 0.3) is 0 Å². The molecule has 1 aromatic carbocycles. The van der Waals surface area contributed by atoms with E-state index < -0.39 is 0 Å². The average Bonchev–Trinajstić information content (AvgIpc) is 2.90. The molecule has 2 rings (SSSR count). The summed E-state index contributed by atoms with van der Waals surface area (Å²) in [6, 6.07) is 8.17. The van der Waals surface area contributed by atoms with Crippen molar-refractivity contribution in [3.8, 4) is 5.75 Å². The molecule has 0 radical (unpaired) electrons. The second-order valence-corrected chi connectivity index (χ2v) is 5.85. The lowest BCUT2D eigenvalue weighted by molar-refractivity contribution is 0.0967. The monoisotopic (exact) mass is 263 g/mol. The van der Waals surface area contributed by atoms with Gasteiger partial charge in [-0.2, -0.15) is 0 Å². The molecule has 0 spiro atoms. The molecule has 1 heterocycles. The van der Waals surface area contributed by atoms with Crippen molar-refractivity contribution < 1.29 is 9.47 Å². The van der Waals surface area contributed by atoms with Gasteiger partial charge in [0.05, 0.1) is 13.2 Å². The van der Waals surface area contributed by atoms with E-state index in [0.717, 1.165) is 31.6 Å². The molecule has 0 bridgehead atoms. The summed E-state index contributed by atoms with van der Waals surface area (Å²) < 4.78 is 10.8. The first kappa shape index (κ1) is 14.4.